The third-order valence-electron chi connectivity index (χ3n) is 8.69. The quantitative estimate of drug-likeness (QED) is 0.200. The summed E-state index contributed by atoms with van der Waals surface area (Å²) >= 11 is 0. The maximum atomic E-state index is 11.6. The van der Waals surface area contributed by atoms with Crippen molar-refractivity contribution in [1.29, 1.82) is 0 Å². The van der Waals surface area contributed by atoms with Crippen molar-refractivity contribution in [2.75, 3.05) is 13.2 Å². The molecule has 4 atom stereocenters. The molecule has 2 aliphatic carbocycles. The van der Waals surface area contributed by atoms with Crippen molar-refractivity contribution in [3.05, 3.63) is 25.3 Å². The van der Waals surface area contributed by atoms with Crippen LogP contribution in [-0.2, 0) is 19.1 Å². The standard InChI is InChI=1S/C28H46O4/c1-6-20(4)22-12-15-25(16-13-22)24-11-9-10-23(14-17-24)21(5)26(18-31-27(29)7-2)19-32-28(30)8-3/h7-8,20-26H,2-3,6,9-19H2,1,4-5H3. The Morgan fingerprint density at radius 3 is 1.81 bits per heavy atom. The smallest absolute Gasteiger partial charge is 0.330 e. The summed E-state index contributed by atoms with van der Waals surface area (Å²) in [5.74, 6) is 3.62. The zero-order chi connectivity index (χ0) is 23.5. The Balaban J connectivity index is 1.90. The predicted molar refractivity (Wildman–Crippen MR) is 130 cm³/mol. The molecule has 0 aromatic carbocycles. The van der Waals surface area contributed by atoms with Gasteiger partial charge >= 0.3 is 11.9 Å². The van der Waals surface area contributed by atoms with Crippen molar-refractivity contribution in [3.8, 4) is 0 Å². The molecule has 0 heterocycles. The van der Waals surface area contributed by atoms with Gasteiger partial charge in [0.05, 0.1) is 13.2 Å². The van der Waals surface area contributed by atoms with Crippen LogP contribution in [0.25, 0.3) is 0 Å². The fourth-order valence-corrected chi connectivity index (χ4v) is 6.11. The zero-order valence-electron chi connectivity index (χ0n) is 20.7. The minimum atomic E-state index is -0.425. The SMILES string of the molecule is C=CC(=O)OCC(COC(=O)C=C)C(C)C1CCCC(C2CCC(C(C)CC)CC2)CC1. The number of ether oxygens (including phenoxy) is 2. The Morgan fingerprint density at radius 1 is 0.812 bits per heavy atom. The molecule has 0 N–H and O–H groups in total. The van der Waals surface area contributed by atoms with Crippen molar-refractivity contribution in [3.63, 3.8) is 0 Å². The number of hydrogen-bond donors (Lipinski definition) is 0. The van der Waals surface area contributed by atoms with E-state index in [4.69, 9.17) is 9.47 Å². The van der Waals surface area contributed by atoms with E-state index < -0.39 is 11.9 Å². The number of hydrogen-bond acceptors (Lipinski definition) is 4. The third kappa shape index (κ3) is 8.08. The molecule has 0 saturated heterocycles. The summed E-state index contributed by atoms with van der Waals surface area (Å²) in [6, 6.07) is 0. The van der Waals surface area contributed by atoms with Crippen LogP contribution < -0.4 is 0 Å². The van der Waals surface area contributed by atoms with E-state index in [0.717, 1.165) is 23.7 Å². The molecule has 2 fully saturated rings. The summed E-state index contributed by atoms with van der Waals surface area (Å²) in [5.41, 5.74) is 0. The van der Waals surface area contributed by atoms with Gasteiger partial charge in [0, 0.05) is 18.1 Å². The molecule has 0 radical (unpaired) electrons. The first kappa shape index (κ1) is 26.7. The number of carbonyl (C=O) groups excluding carboxylic acids is 2. The Kier molecular flexibility index (Phi) is 11.5. The Labute approximate surface area is 196 Å². The topological polar surface area (TPSA) is 52.6 Å². The molecular weight excluding hydrogens is 400 g/mol. The van der Waals surface area contributed by atoms with E-state index in [1.54, 1.807) is 0 Å². The largest absolute Gasteiger partial charge is 0.462 e. The average molecular weight is 447 g/mol. The first-order valence-electron chi connectivity index (χ1n) is 13.0. The molecule has 0 aromatic rings. The van der Waals surface area contributed by atoms with Gasteiger partial charge in [0.15, 0.2) is 0 Å². The maximum absolute atomic E-state index is 11.6. The second kappa shape index (κ2) is 13.9. The Hall–Kier alpha value is -1.58. The van der Waals surface area contributed by atoms with E-state index in [2.05, 4.69) is 33.9 Å². The Bertz CT molecular complexity index is 581. The van der Waals surface area contributed by atoms with Gasteiger partial charge in [-0.15, -0.1) is 0 Å². The summed E-state index contributed by atoms with van der Waals surface area (Å²) in [7, 11) is 0. The van der Waals surface area contributed by atoms with Crippen LogP contribution in [0.3, 0.4) is 0 Å². The van der Waals surface area contributed by atoms with Gasteiger partial charge in [-0.2, -0.15) is 0 Å². The van der Waals surface area contributed by atoms with Crippen LogP contribution in [-0.4, -0.2) is 25.2 Å². The molecule has 4 nitrogen and oxygen atoms in total. The van der Waals surface area contributed by atoms with Crippen LogP contribution in [0.4, 0.5) is 0 Å². The van der Waals surface area contributed by atoms with Gasteiger partial charge in [0.25, 0.3) is 0 Å². The zero-order valence-corrected chi connectivity index (χ0v) is 20.7. The number of rotatable bonds is 11. The highest BCUT2D eigenvalue weighted by Gasteiger charge is 2.34. The second-order valence-electron chi connectivity index (χ2n) is 10.4. The number of carbonyl (C=O) groups is 2. The summed E-state index contributed by atoms with van der Waals surface area (Å²) in [4.78, 5) is 23.2. The molecule has 2 saturated carbocycles. The van der Waals surface area contributed by atoms with Crippen LogP contribution in [0.1, 0.15) is 85.0 Å². The van der Waals surface area contributed by atoms with E-state index in [1.807, 2.05) is 0 Å². The van der Waals surface area contributed by atoms with Crippen LogP contribution in [0, 0.1) is 41.4 Å². The van der Waals surface area contributed by atoms with Crippen LogP contribution >= 0.6 is 0 Å². The normalized spacial score (nSPS) is 28.2. The van der Waals surface area contributed by atoms with E-state index in [1.165, 1.54) is 76.4 Å². The molecule has 0 spiro atoms. The van der Waals surface area contributed by atoms with Crippen molar-refractivity contribution >= 4 is 11.9 Å². The molecular formula is C28H46O4. The molecule has 2 rings (SSSR count). The molecule has 32 heavy (non-hydrogen) atoms. The minimum Gasteiger partial charge on any atom is -0.462 e. The molecule has 0 amide bonds. The van der Waals surface area contributed by atoms with Gasteiger partial charge < -0.3 is 9.47 Å². The monoisotopic (exact) mass is 446 g/mol. The highest BCUT2D eigenvalue weighted by molar-refractivity contribution is 5.81. The van der Waals surface area contributed by atoms with Crippen LogP contribution in [0.15, 0.2) is 25.3 Å². The molecule has 4 unspecified atom stereocenters. The average Bonchev–Trinajstić information content (AvgIpc) is 3.09. The van der Waals surface area contributed by atoms with Gasteiger partial charge in [-0.1, -0.05) is 59.6 Å². The lowest BCUT2D eigenvalue weighted by atomic mass is 9.70. The summed E-state index contributed by atoms with van der Waals surface area (Å²) in [6.07, 6.45) is 15.7. The lowest BCUT2D eigenvalue weighted by Crippen LogP contribution is -2.30. The van der Waals surface area contributed by atoms with E-state index >= 15 is 0 Å². The fraction of sp³-hybridized carbons (Fsp3) is 0.786. The van der Waals surface area contributed by atoms with Gasteiger partial charge in [-0.3, -0.25) is 0 Å². The van der Waals surface area contributed by atoms with Gasteiger partial charge in [0.1, 0.15) is 0 Å². The van der Waals surface area contributed by atoms with Gasteiger partial charge in [-0.25, -0.2) is 9.59 Å². The van der Waals surface area contributed by atoms with E-state index in [0.29, 0.717) is 11.8 Å². The maximum Gasteiger partial charge on any atom is 0.330 e. The third-order valence-corrected chi connectivity index (χ3v) is 8.69. The van der Waals surface area contributed by atoms with Crippen LogP contribution in [0.5, 0.6) is 0 Å². The summed E-state index contributed by atoms with van der Waals surface area (Å²) < 4.78 is 10.7. The minimum absolute atomic E-state index is 0.00433. The van der Waals surface area contributed by atoms with Gasteiger partial charge in [0.2, 0.25) is 0 Å². The first-order chi connectivity index (χ1) is 15.4. The highest BCUT2D eigenvalue weighted by Crippen LogP contribution is 2.44. The molecule has 182 valence electrons. The van der Waals surface area contributed by atoms with Crippen LogP contribution in [0.2, 0.25) is 0 Å². The van der Waals surface area contributed by atoms with Crippen molar-refractivity contribution in [1.82, 2.24) is 0 Å². The predicted octanol–water partition coefficient (Wildman–Crippen LogP) is 6.75. The van der Waals surface area contributed by atoms with E-state index in [9.17, 15) is 9.59 Å². The molecule has 0 aliphatic heterocycles. The second-order valence-corrected chi connectivity index (χ2v) is 10.4. The van der Waals surface area contributed by atoms with E-state index in [-0.39, 0.29) is 19.1 Å². The lowest BCUT2D eigenvalue weighted by Gasteiger charge is -2.36. The molecule has 0 aromatic heterocycles. The number of esters is 2. The van der Waals surface area contributed by atoms with Gasteiger partial charge in [-0.05, 0) is 74.0 Å². The fourth-order valence-electron chi connectivity index (χ4n) is 6.11. The van der Waals surface area contributed by atoms with Crippen molar-refractivity contribution < 1.29 is 19.1 Å². The molecule has 0 bridgehead atoms. The lowest BCUT2D eigenvalue weighted by molar-refractivity contribution is -0.144. The Morgan fingerprint density at radius 2 is 1.31 bits per heavy atom. The summed E-state index contributed by atoms with van der Waals surface area (Å²) in [5, 5.41) is 0. The van der Waals surface area contributed by atoms with Crippen molar-refractivity contribution in [2.24, 2.45) is 41.4 Å². The van der Waals surface area contributed by atoms with Crippen molar-refractivity contribution in [2.45, 2.75) is 85.0 Å². The molecule has 2 aliphatic rings. The summed E-state index contributed by atoms with van der Waals surface area (Å²) in [6.45, 7) is 14.5. The first-order valence-corrected chi connectivity index (χ1v) is 13.0. The molecule has 4 heteroatoms. The highest BCUT2D eigenvalue weighted by atomic mass is 16.5.